The number of rotatable bonds is 9. The Hall–Kier alpha value is -0.880. The van der Waals surface area contributed by atoms with Crippen molar-refractivity contribution in [3.63, 3.8) is 0 Å². The minimum Gasteiger partial charge on any atom is -0.426 e. The third kappa shape index (κ3) is 6.47. The summed E-state index contributed by atoms with van der Waals surface area (Å²) in [5.74, 6) is -4.36. The van der Waals surface area contributed by atoms with Crippen molar-refractivity contribution >= 4 is 17.6 Å². The lowest BCUT2D eigenvalue weighted by Gasteiger charge is -2.50. The van der Waals surface area contributed by atoms with Crippen LogP contribution in [-0.2, 0) is 33.2 Å². The number of halogens is 1. The Morgan fingerprint density at radius 3 is 1.85 bits per heavy atom. The molecule has 0 radical (unpaired) electrons. The van der Waals surface area contributed by atoms with Gasteiger partial charge in [0.15, 0.2) is 18.9 Å². The molecule has 0 bridgehead atoms. The Balaban J connectivity index is 1.78. The Morgan fingerprint density at radius 2 is 1.31 bits per heavy atom. The third-order valence-electron chi connectivity index (χ3n) is 6.82. The maximum atomic E-state index is 11.8. The van der Waals surface area contributed by atoms with Crippen LogP contribution in [0.5, 0.6) is 0 Å². The highest BCUT2D eigenvalue weighted by Crippen LogP contribution is 2.34. The molecule has 15 atom stereocenters. The van der Waals surface area contributed by atoms with E-state index < -0.39 is 123 Å². The number of hydrogen-bond donors (Lipinski definition) is 11. The first-order valence-corrected chi connectivity index (χ1v) is 12.5. The van der Waals surface area contributed by atoms with Gasteiger partial charge in [0.1, 0.15) is 61.3 Å². The van der Waals surface area contributed by atoms with E-state index in [9.17, 15) is 45.6 Å². The second-order valence-corrected chi connectivity index (χ2v) is 9.65. The van der Waals surface area contributed by atoms with Gasteiger partial charge in [0.05, 0.1) is 31.3 Å². The molecule has 228 valence electrons. The summed E-state index contributed by atoms with van der Waals surface area (Å²) < 4.78 is 32.4. The minimum absolute atomic E-state index is 0.689. The Kier molecular flexibility index (Phi) is 11.2. The molecule has 0 amide bonds. The number of carbonyl (C=O) groups excluding carboxylic acids is 1. The highest BCUT2D eigenvalue weighted by molar-refractivity contribution is 6.26. The molecule has 3 aliphatic rings. The standard InChI is InChI=1S/C20H36ClN3O15/c21-1-7(28)38-20(4-27)16(32)13(31)10(24)19(39-20)37-15-6(3-26)35-18(9(23)12(15)30)36-14-5(2-25)34-17(33)8(22)11(14)29/h5-6,8-19,25-27,29-33H,1-4,22-24H2/t5-,6-,8-,9-,10-,11-,12-,13-,14?,15?,16+,17-,18+,19+,20+/m1/s1. The first kappa shape index (κ1) is 32.6. The van der Waals surface area contributed by atoms with Crippen LogP contribution in [0.4, 0.5) is 0 Å². The molecule has 0 spiro atoms. The fourth-order valence-electron chi connectivity index (χ4n) is 4.52. The SMILES string of the molecule is N[C@H]1[C@@H](OC2[C@@H](CO)O[C@@H](OC3[C@@H](CO)O[C@@H](O)[C@H](N)[C@H]3O)[C@H](N)[C@H]2O)O[C@](CO)(OC(=O)CCl)[C@@H](O)[C@@H]1O. The molecule has 39 heavy (non-hydrogen) atoms. The summed E-state index contributed by atoms with van der Waals surface area (Å²) in [6, 6.07) is -4.29. The molecule has 3 aliphatic heterocycles. The highest BCUT2D eigenvalue weighted by Gasteiger charge is 2.58. The van der Waals surface area contributed by atoms with E-state index in [1.807, 2.05) is 0 Å². The van der Waals surface area contributed by atoms with Gasteiger partial charge in [-0.2, -0.15) is 0 Å². The predicted molar refractivity (Wildman–Crippen MR) is 123 cm³/mol. The van der Waals surface area contributed by atoms with Gasteiger partial charge >= 0.3 is 5.97 Å². The van der Waals surface area contributed by atoms with Crippen LogP contribution in [0.15, 0.2) is 0 Å². The van der Waals surface area contributed by atoms with E-state index in [0.717, 1.165) is 0 Å². The third-order valence-corrected chi connectivity index (χ3v) is 7.04. The van der Waals surface area contributed by atoms with Gasteiger partial charge in [-0.05, 0) is 0 Å². The summed E-state index contributed by atoms with van der Waals surface area (Å²) in [6.07, 6.45) is -17.6. The van der Waals surface area contributed by atoms with Crippen LogP contribution in [0.1, 0.15) is 0 Å². The summed E-state index contributed by atoms with van der Waals surface area (Å²) in [5.41, 5.74) is 17.7. The van der Waals surface area contributed by atoms with E-state index in [0.29, 0.717) is 0 Å². The normalized spacial score (nSPS) is 49.0. The molecule has 0 aliphatic carbocycles. The zero-order valence-corrected chi connectivity index (χ0v) is 21.2. The smallest absolute Gasteiger partial charge is 0.323 e. The van der Waals surface area contributed by atoms with Crippen LogP contribution in [0.25, 0.3) is 0 Å². The number of esters is 1. The van der Waals surface area contributed by atoms with E-state index in [1.54, 1.807) is 0 Å². The van der Waals surface area contributed by atoms with Crippen LogP contribution >= 0.6 is 11.6 Å². The summed E-state index contributed by atoms with van der Waals surface area (Å²) in [4.78, 5) is 11.8. The molecule has 0 aromatic rings. The maximum Gasteiger partial charge on any atom is 0.323 e. The first-order valence-electron chi connectivity index (χ1n) is 11.9. The van der Waals surface area contributed by atoms with Gasteiger partial charge in [-0.25, -0.2) is 0 Å². The van der Waals surface area contributed by atoms with Crippen LogP contribution in [0, 0.1) is 0 Å². The van der Waals surface area contributed by atoms with Gasteiger partial charge < -0.3 is 86.5 Å². The fourth-order valence-corrected chi connectivity index (χ4v) is 4.57. The van der Waals surface area contributed by atoms with E-state index in [4.69, 9.17) is 57.2 Å². The van der Waals surface area contributed by atoms with Crippen molar-refractivity contribution in [3.05, 3.63) is 0 Å². The largest absolute Gasteiger partial charge is 0.426 e. The zero-order chi connectivity index (χ0) is 29.2. The summed E-state index contributed by atoms with van der Waals surface area (Å²) in [5, 5.41) is 81.3. The second-order valence-electron chi connectivity index (χ2n) is 9.39. The average Bonchev–Trinajstić information content (AvgIpc) is 2.93. The number of hydrogen-bond acceptors (Lipinski definition) is 18. The highest BCUT2D eigenvalue weighted by atomic mass is 35.5. The maximum absolute atomic E-state index is 11.8. The molecule has 14 N–H and O–H groups in total. The second kappa shape index (κ2) is 13.4. The van der Waals surface area contributed by atoms with E-state index in [-0.39, 0.29) is 0 Å². The quantitative estimate of drug-likeness (QED) is 0.0872. The Labute approximate surface area is 226 Å². The average molecular weight is 594 g/mol. The van der Waals surface area contributed by atoms with Crippen molar-refractivity contribution in [1.29, 1.82) is 0 Å². The van der Waals surface area contributed by atoms with E-state index >= 15 is 0 Å². The van der Waals surface area contributed by atoms with E-state index in [1.165, 1.54) is 0 Å². The van der Waals surface area contributed by atoms with Gasteiger partial charge in [0.2, 0.25) is 0 Å². The number of nitrogens with two attached hydrogens (primary N) is 3. The number of ether oxygens (including phenoxy) is 6. The van der Waals surface area contributed by atoms with Crippen LogP contribution in [-0.4, -0.2) is 164 Å². The van der Waals surface area contributed by atoms with Gasteiger partial charge in [0, 0.05) is 0 Å². The van der Waals surface area contributed by atoms with Crippen molar-refractivity contribution < 1.29 is 74.1 Å². The number of carbonyl (C=O) groups is 1. The number of aliphatic hydroxyl groups excluding tert-OH is 8. The number of aliphatic hydroxyl groups is 8. The van der Waals surface area contributed by atoms with E-state index in [2.05, 4.69) is 0 Å². The molecule has 0 saturated carbocycles. The van der Waals surface area contributed by atoms with Crippen molar-refractivity contribution in [2.75, 3.05) is 25.7 Å². The number of alkyl halides is 1. The lowest BCUT2D eigenvalue weighted by molar-refractivity contribution is -0.398. The molecular weight excluding hydrogens is 558 g/mol. The van der Waals surface area contributed by atoms with Gasteiger partial charge in [-0.15, -0.1) is 11.6 Å². The van der Waals surface area contributed by atoms with Crippen LogP contribution in [0.3, 0.4) is 0 Å². The first-order chi connectivity index (χ1) is 18.3. The molecule has 0 aromatic carbocycles. The van der Waals surface area contributed by atoms with Crippen molar-refractivity contribution in [2.24, 2.45) is 17.2 Å². The zero-order valence-electron chi connectivity index (χ0n) is 20.5. The minimum atomic E-state index is -2.55. The molecule has 3 heterocycles. The molecule has 3 rings (SSSR count). The predicted octanol–water partition coefficient (Wildman–Crippen LogP) is -7.56. The topological polar surface area (TPSA) is 312 Å². The lowest BCUT2D eigenvalue weighted by atomic mass is 9.93. The summed E-state index contributed by atoms with van der Waals surface area (Å²) in [7, 11) is 0. The van der Waals surface area contributed by atoms with Gasteiger partial charge in [-0.3, -0.25) is 4.79 Å². The molecule has 3 saturated heterocycles. The van der Waals surface area contributed by atoms with Crippen molar-refractivity contribution in [2.45, 2.75) is 91.6 Å². The molecular formula is C20H36ClN3O15. The van der Waals surface area contributed by atoms with Gasteiger partial charge in [0.25, 0.3) is 5.79 Å². The molecule has 3 fully saturated rings. The lowest BCUT2D eigenvalue weighted by Crippen LogP contribution is -2.72. The fraction of sp³-hybridized carbons (Fsp3) is 0.950. The summed E-state index contributed by atoms with van der Waals surface area (Å²) in [6.45, 7) is -2.66. The Bertz CT molecular complexity index is 816. The monoisotopic (exact) mass is 593 g/mol. The molecule has 0 aromatic heterocycles. The summed E-state index contributed by atoms with van der Waals surface area (Å²) >= 11 is 5.42. The van der Waals surface area contributed by atoms with Crippen LogP contribution < -0.4 is 17.2 Å². The Morgan fingerprint density at radius 1 is 0.795 bits per heavy atom. The molecule has 19 heteroatoms. The van der Waals surface area contributed by atoms with Crippen LogP contribution in [0.2, 0.25) is 0 Å². The molecule has 18 nitrogen and oxygen atoms in total. The molecule has 2 unspecified atom stereocenters. The van der Waals surface area contributed by atoms with Crippen molar-refractivity contribution in [3.8, 4) is 0 Å². The van der Waals surface area contributed by atoms with Gasteiger partial charge in [-0.1, -0.05) is 0 Å². The van der Waals surface area contributed by atoms with Crippen molar-refractivity contribution in [1.82, 2.24) is 0 Å².